The minimum Gasteiger partial charge on any atom is -0.507 e. The minimum absolute atomic E-state index is 0.0347. The van der Waals surface area contributed by atoms with Gasteiger partial charge in [0.1, 0.15) is 11.5 Å². The Morgan fingerprint density at radius 1 is 1.11 bits per heavy atom. The van der Waals surface area contributed by atoms with Gasteiger partial charge in [-0.05, 0) is 68.1 Å². The fourth-order valence-electron chi connectivity index (χ4n) is 4.73. The van der Waals surface area contributed by atoms with Gasteiger partial charge in [-0.15, -0.1) is 0 Å². The molecule has 2 aromatic rings. The van der Waals surface area contributed by atoms with Gasteiger partial charge in [0, 0.05) is 18.7 Å². The first kappa shape index (κ1) is 24.6. The average molecular weight is 482 g/mol. The molecule has 1 amide bonds. The van der Waals surface area contributed by atoms with Crippen molar-refractivity contribution in [2.75, 3.05) is 34.0 Å². The number of aliphatic hydroxyl groups excluding tert-OH is 1. The predicted molar refractivity (Wildman–Crippen MR) is 130 cm³/mol. The Labute approximate surface area is 205 Å². The summed E-state index contributed by atoms with van der Waals surface area (Å²) in [7, 11) is 3.09. The summed E-state index contributed by atoms with van der Waals surface area (Å²) in [4.78, 5) is 28.0. The van der Waals surface area contributed by atoms with Crippen LogP contribution in [0.15, 0.2) is 42.0 Å². The lowest BCUT2D eigenvalue weighted by molar-refractivity contribution is -0.140. The molecule has 0 spiro atoms. The number of likely N-dealkylation sites (tertiary alicyclic amines) is 1. The van der Waals surface area contributed by atoms with E-state index in [1.807, 2.05) is 13.8 Å². The number of nitrogens with zero attached hydrogens (tertiary/aromatic N) is 1. The van der Waals surface area contributed by atoms with Crippen LogP contribution in [-0.2, 0) is 14.3 Å². The molecule has 2 fully saturated rings. The average Bonchev–Trinajstić information content (AvgIpc) is 3.46. The smallest absolute Gasteiger partial charge is 0.295 e. The van der Waals surface area contributed by atoms with Gasteiger partial charge in [0.15, 0.2) is 11.5 Å². The summed E-state index contributed by atoms with van der Waals surface area (Å²) in [5, 5.41) is 11.4. The fourth-order valence-corrected chi connectivity index (χ4v) is 4.73. The highest BCUT2D eigenvalue weighted by Crippen LogP contribution is 2.43. The topological polar surface area (TPSA) is 94.5 Å². The monoisotopic (exact) mass is 481 g/mol. The third kappa shape index (κ3) is 4.71. The van der Waals surface area contributed by atoms with Crippen LogP contribution in [0, 0.1) is 6.92 Å². The van der Waals surface area contributed by atoms with Gasteiger partial charge in [0.05, 0.1) is 38.5 Å². The van der Waals surface area contributed by atoms with Crippen LogP contribution in [0.5, 0.6) is 17.2 Å². The highest BCUT2D eigenvalue weighted by molar-refractivity contribution is 6.46. The highest BCUT2D eigenvalue weighted by Gasteiger charge is 2.47. The second-order valence-corrected chi connectivity index (χ2v) is 8.61. The van der Waals surface area contributed by atoms with Crippen molar-refractivity contribution in [3.05, 3.63) is 58.7 Å². The molecule has 1 N–H and O–H groups in total. The summed E-state index contributed by atoms with van der Waals surface area (Å²) in [5.74, 6) is 0.0509. The van der Waals surface area contributed by atoms with Crippen molar-refractivity contribution in [2.24, 2.45) is 0 Å². The number of Topliss-reactive ketones (excluding diaryl/α,β-unsaturated/α-hetero) is 1. The highest BCUT2D eigenvalue weighted by atomic mass is 16.5. The Kier molecular flexibility index (Phi) is 7.31. The van der Waals surface area contributed by atoms with E-state index in [0.29, 0.717) is 41.6 Å². The number of benzene rings is 2. The molecule has 2 unspecified atom stereocenters. The van der Waals surface area contributed by atoms with Crippen LogP contribution in [0.4, 0.5) is 0 Å². The van der Waals surface area contributed by atoms with Gasteiger partial charge < -0.3 is 29.0 Å². The minimum atomic E-state index is -0.801. The SMILES string of the molecule is CCOc1ccc(C2/C(=C(\O)c3ccc(OC)cc3C)C(=O)C(=O)N2CC2CCCO2)cc1OC. The third-order valence-electron chi connectivity index (χ3n) is 6.46. The number of amides is 1. The van der Waals surface area contributed by atoms with E-state index in [1.165, 1.54) is 12.0 Å². The summed E-state index contributed by atoms with van der Waals surface area (Å²) in [6, 6.07) is 9.66. The number of aliphatic hydroxyl groups is 1. The zero-order valence-electron chi connectivity index (χ0n) is 20.5. The summed E-state index contributed by atoms with van der Waals surface area (Å²) in [5.41, 5.74) is 1.85. The number of methoxy groups -OCH3 is 2. The number of aryl methyl sites for hydroxylation is 1. The molecule has 8 nitrogen and oxygen atoms in total. The van der Waals surface area contributed by atoms with E-state index in [9.17, 15) is 14.7 Å². The molecule has 2 heterocycles. The normalized spacial score (nSPS) is 21.4. The molecule has 0 bridgehead atoms. The zero-order chi connectivity index (χ0) is 25.1. The molecule has 2 aliphatic heterocycles. The Bertz CT molecular complexity index is 1150. The Balaban J connectivity index is 1.86. The number of carbonyl (C=O) groups excluding carboxylic acids is 2. The molecule has 2 saturated heterocycles. The summed E-state index contributed by atoms with van der Waals surface area (Å²) in [6.07, 6.45) is 1.55. The third-order valence-corrected chi connectivity index (χ3v) is 6.46. The molecule has 0 aliphatic carbocycles. The van der Waals surface area contributed by atoms with Gasteiger partial charge >= 0.3 is 0 Å². The molecular weight excluding hydrogens is 450 g/mol. The number of carbonyl (C=O) groups is 2. The number of hydrogen-bond acceptors (Lipinski definition) is 7. The molecule has 35 heavy (non-hydrogen) atoms. The molecule has 2 aromatic carbocycles. The van der Waals surface area contributed by atoms with E-state index >= 15 is 0 Å². The van der Waals surface area contributed by atoms with Crippen LogP contribution in [0.3, 0.4) is 0 Å². The van der Waals surface area contributed by atoms with E-state index in [1.54, 1.807) is 43.5 Å². The van der Waals surface area contributed by atoms with Gasteiger partial charge in [0.25, 0.3) is 11.7 Å². The number of ether oxygens (including phenoxy) is 4. The van der Waals surface area contributed by atoms with E-state index < -0.39 is 17.7 Å². The molecule has 0 radical (unpaired) electrons. The van der Waals surface area contributed by atoms with Gasteiger partial charge in [-0.2, -0.15) is 0 Å². The molecule has 4 rings (SSSR count). The summed E-state index contributed by atoms with van der Waals surface area (Å²) >= 11 is 0. The Hall–Kier alpha value is -3.52. The van der Waals surface area contributed by atoms with Crippen molar-refractivity contribution in [3.8, 4) is 17.2 Å². The molecule has 0 aromatic heterocycles. The van der Waals surface area contributed by atoms with E-state index in [-0.39, 0.29) is 24.0 Å². The van der Waals surface area contributed by atoms with Gasteiger partial charge in [-0.3, -0.25) is 9.59 Å². The first-order valence-electron chi connectivity index (χ1n) is 11.7. The summed E-state index contributed by atoms with van der Waals surface area (Å²) in [6.45, 7) is 5.03. The van der Waals surface area contributed by atoms with Crippen LogP contribution in [0.1, 0.15) is 42.5 Å². The van der Waals surface area contributed by atoms with Crippen molar-refractivity contribution < 1.29 is 33.6 Å². The second-order valence-electron chi connectivity index (χ2n) is 8.61. The van der Waals surface area contributed by atoms with Crippen molar-refractivity contribution in [1.29, 1.82) is 0 Å². The maximum atomic E-state index is 13.3. The van der Waals surface area contributed by atoms with E-state index in [2.05, 4.69) is 0 Å². The van der Waals surface area contributed by atoms with Gasteiger partial charge in [-0.25, -0.2) is 0 Å². The number of rotatable bonds is 8. The number of ketones is 1. The van der Waals surface area contributed by atoms with Crippen molar-refractivity contribution in [1.82, 2.24) is 4.90 Å². The van der Waals surface area contributed by atoms with Crippen LogP contribution < -0.4 is 14.2 Å². The van der Waals surface area contributed by atoms with Crippen molar-refractivity contribution in [2.45, 2.75) is 38.8 Å². The Morgan fingerprint density at radius 3 is 2.54 bits per heavy atom. The Morgan fingerprint density at radius 2 is 1.91 bits per heavy atom. The fraction of sp³-hybridized carbons (Fsp3) is 0.407. The molecular formula is C27H31NO7. The first-order chi connectivity index (χ1) is 16.9. The maximum Gasteiger partial charge on any atom is 0.295 e. The van der Waals surface area contributed by atoms with Gasteiger partial charge in [-0.1, -0.05) is 6.07 Å². The molecule has 8 heteroatoms. The first-order valence-corrected chi connectivity index (χ1v) is 11.7. The second kappa shape index (κ2) is 10.4. The van der Waals surface area contributed by atoms with Crippen molar-refractivity contribution in [3.63, 3.8) is 0 Å². The van der Waals surface area contributed by atoms with E-state index in [4.69, 9.17) is 18.9 Å². The van der Waals surface area contributed by atoms with Crippen LogP contribution in [-0.4, -0.2) is 61.8 Å². The standard InChI is InChI=1S/C27H31NO7/c1-5-34-21-11-8-17(14-22(21)33-4)24-23(25(29)20-10-9-18(32-3)13-16(20)2)26(30)27(31)28(24)15-19-7-6-12-35-19/h8-11,13-14,19,24,29H,5-7,12,15H2,1-4H3/b25-23+. The van der Waals surface area contributed by atoms with Crippen molar-refractivity contribution >= 4 is 17.4 Å². The van der Waals surface area contributed by atoms with Crippen LogP contribution >= 0.6 is 0 Å². The van der Waals surface area contributed by atoms with Crippen LogP contribution in [0.25, 0.3) is 5.76 Å². The lowest BCUT2D eigenvalue weighted by Gasteiger charge is -2.28. The zero-order valence-corrected chi connectivity index (χ0v) is 20.5. The lowest BCUT2D eigenvalue weighted by atomic mass is 9.93. The maximum absolute atomic E-state index is 13.3. The summed E-state index contributed by atoms with van der Waals surface area (Å²) < 4.78 is 22.2. The van der Waals surface area contributed by atoms with E-state index in [0.717, 1.165) is 18.4 Å². The largest absolute Gasteiger partial charge is 0.507 e. The number of hydrogen-bond donors (Lipinski definition) is 1. The van der Waals surface area contributed by atoms with Gasteiger partial charge in [0.2, 0.25) is 0 Å². The predicted octanol–water partition coefficient (Wildman–Crippen LogP) is 4.01. The lowest BCUT2D eigenvalue weighted by Crippen LogP contribution is -2.36. The molecule has 186 valence electrons. The molecule has 2 aliphatic rings. The quantitative estimate of drug-likeness (QED) is 0.346. The van der Waals surface area contributed by atoms with Crippen LogP contribution in [0.2, 0.25) is 0 Å². The molecule has 0 saturated carbocycles. The molecule has 2 atom stereocenters.